The summed E-state index contributed by atoms with van der Waals surface area (Å²) in [7, 11) is 0. The number of rotatable bonds is 8. The summed E-state index contributed by atoms with van der Waals surface area (Å²) in [6.45, 7) is 5.64. The number of carbonyl (C=O) groups excluding carboxylic acids is 2. The van der Waals surface area contributed by atoms with Crippen LogP contribution in [-0.2, 0) is 15.2 Å². The van der Waals surface area contributed by atoms with Crippen LogP contribution in [0.25, 0.3) is 0 Å². The number of hydrogen-bond acceptors (Lipinski definition) is 4. The molecule has 2 amide bonds. The average molecular weight is 312 g/mol. The maximum Gasteiger partial charge on any atom is 0.220 e. The van der Waals surface area contributed by atoms with E-state index < -0.39 is 5.60 Å². The molecule has 1 heterocycles. The van der Waals surface area contributed by atoms with E-state index in [2.05, 4.69) is 10.6 Å². The normalized spacial score (nSPS) is 13.8. The van der Waals surface area contributed by atoms with Gasteiger partial charge in [0, 0.05) is 18.9 Å². The van der Waals surface area contributed by atoms with E-state index in [1.165, 1.54) is 11.3 Å². The molecule has 0 radical (unpaired) electrons. The van der Waals surface area contributed by atoms with E-state index in [4.69, 9.17) is 0 Å². The molecule has 21 heavy (non-hydrogen) atoms. The van der Waals surface area contributed by atoms with Gasteiger partial charge in [-0.25, -0.2) is 0 Å². The highest BCUT2D eigenvalue weighted by atomic mass is 32.1. The van der Waals surface area contributed by atoms with Crippen LogP contribution < -0.4 is 10.6 Å². The van der Waals surface area contributed by atoms with Gasteiger partial charge >= 0.3 is 0 Å². The molecule has 6 heteroatoms. The van der Waals surface area contributed by atoms with Crippen LogP contribution >= 0.6 is 11.3 Å². The van der Waals surface area contributed by atoms with Gasteiger partial charge in [0.2, 0.25) is 11.8 Å². The molecule has 0 aromatic carbocycles. The minimum absolute atomic E-state index is 0.0388. The van der Waals surface area contributed by atoms with Crippen molar-refractivity contribution in [2.24, 2.45) is 0 Å². The van der Waals surface area contributed by atoms with Crippen LogP contribution in [0, 0.1) is 0 Å². The molecule has 1 rings (SSSR count). The third kappa shape index (κ3) is 6.73. The maximum atomic E-state index is 11.7. The van der Waals surface area contributed by atoms with Crippen molar-refractivity contribution in [3.63, 3.8) is 0 Å². The first-order valence-corrected chi connectivity index (χ1v) is 8.06. The van der Waals surface area contributed by atoms with Gasteiger partial charge in [-0.05, 0) is 49.6 Å². The summed E-state index contributed by atoms with van der Waals surface area (Å²) in [4.78, 5) is 23.1. The fraction of sp³-hybridized carbons (Fsp3) is 0.600. The number of hydrogen-bond donors (Lipinski definition) is 3. The van der Waals surface area contributed by atoms with Crippen molar-refractivity contribution in [2.45, 2.75) is 51.7 Å². The molecule has 0 aliphatic heterocycles. The van der Waals surface area contributed by atoms with Gasteiger partial charge in [0.15, 0.2) is 0 Å². The highest BCUT2D eigenvalue weighted by Gasteiger charge is 2.24. The molecule has 1 atom stereocenters. The molecule has 0 bridgehead atoms. The summed E-state index contributed by atoms with van der Waals surface area (Å²) in [5.41, 5.74) is -0.269. The second-order valence-corrected chi connectivity index (χ2v) is 6.42. The lowest BCUT2D eigenvalue weighted by Gasteiger charge is -2.22. The van der Waals surface area contributed by atoms with Crippen LogP contribution in [0.5, 0.6) is 0 Å². The fourth-order valence-corrected chi connectivity index (χ4v) is 2.62. The number of thiophene rings is 1. The molecule has 118 valence electrons. The Labute approximate surface area is 129 Å². The van der Waals surface area contributed by atoms with Gasteiger partial charge in [-0.15, -0.1) is 0 Å². The van der Waals surface area contributed by atoms with Crippen LogP contribution in [0.15, 0.2) is 16.8 Å². The lowest BCUT2D eigenvalue weighted by molar-refractivity contribution is -0.123. The third-order valence-corrected chi connectivity index (χ3v) is 3.71. The molecule has 3 N–H and O–H groups in total. The van der Waals surface area contributed by atoms with Gasteiger partial charge < -0.3 is 15.7 Å². The first-order valence-electron chi connectivity index (χ1n) is 7.12. The number of amides is 2. The van der Waals surface area contributed by atoms with Gasteiger partial charge in [0.1, 0.15) is 5.60 Å². The van der Waals surface area contributed by atoms with Crippen LogP contribution in [0.3, 0.4) is 0 Å². The standard InChI is InChI=1S/C15H24N2O3S/c1-11(2)17-14(19)6-4-5-13(18)16-10-15(3,20)12-7-8-21-9-12/h7-9,11,20H,4-6,10H2,1-3H3,(H,16,18)(H,17,19). The third-order valence-electron chi connectivity index (χ3n) is 3.03. The van der Waals surface area contributed by atoms with Crippen molar-refractivity contribution < 1.29 is 14.7 Å². The van der Waals surface area contributed by atoms with Crippen molar-refractivity contribution in [1.82, 2.24) is 10.6 Å². The second-order valence-electron chi connectivity index (χ2n) is 5.64. The highest BCUT2D eigenvalue weighted by molar-refractivity contribution is 7.08. The fourth-order valence-electron chi connectivity index (χ4n) is 1.84. The lowest BCUT2D eigenvalue weighted by Crippen LogP contribution is -2.38. The Morgan fingerprint density at radius 2 is 2.00 bits per heavy atom. The van der Waals surface area contributed by atoms with Crippen molar-refractivity contribution in [1.29, 1.82) is 0 Å². The van der Waals surface area contributed by atoms with Crippen LogP contribution in [-0.4, -0.2) is 29.5 Å². The molecule has 0 spiro atoms. The molecule has 0 saturated heterocycles. The van der Waals surface area contributed by atoms with E-state index in [-0.39, 0.29) is 30.8 Å². The summed E-state index contributed by atoms with van der Waals surface area (Å²) >= 11 is 1.51. The molecule has 0 aliphatic carbocycles. The van der Waals surface area contributed by atoms with Crippen molar-refractivity contribution in [3.05, 3.63) is 22.4 Å². The van der Waals surface area contributed by atoms with Gasteiger partial charge in [0.05, 0.1) is 6.54 Å². The summed E-state index contributed by atoms with van der Waals surface area (Å²) in [6.07, 6.45) is 1.13. The smallest absolute Gasteiger partial charge is 0.220 e. The summed E-state index contributed by atoms with van der Waals surface area (Å²) < 4.78 is 0. The molecule has 5 nitrogen and oxygen atoms in total. The van der Waals surface area contributed by atoms with Crippen LogP contribution in [0.4, 0.5) is 0 Å². The molecule has 1 aromatic rings. The Bertz CT molecular complexity index is 455. The maximum absolute atomic E-state index is 11.7. The average Bonchev–Trinajstić information content (AvgIpc) is 2.90. The molecule has 0 saturated carbocycles. The largest absolute Gasteiger partial charge is 0.384 e. The zero-order valence-corrected chi connectivity index (χ0v) is 13.6. The number of aliphatic hydroxyl groups is 1. The lowest BCUT2D eigenvalue weighted by atomic mass is 9.99. The predicted molar refractivity (Wildman–Crippen MR) is 84.0 cm³/mol. The zero-order chi connectivity index (χ0) is 15.9. The second kappa shape index (κ2) is 8.14. The van der Waals surface area contributed by atoms with E-state index in [1.54, 1.807) is 6.92 Å². The van der Waals surface area contributed by atoms with Crippen molar-refractivity contribution in [3.8, 4) is 0 Å². The van der Waals surface area contributed by atoms with Gasteiger partial charge in [-0.3, -0.25) is 9.59 Å². The van der Waals surface area contributed by atoms with E-state index in [0.717, 1.165) is 5.56 Å². The van der Waals surface area contributed by atoms with E-state index in [9.17, 15) is 14.7 Å². The number of carbonyl (C=O) groups is 2. The first kappa shape index (κ1) is 17.7. The SMILES string of the molecule is CC(C)NC(=O)CCCC(=O)NCC(C)(O)c1ccsc1. The summed E-state index contributed by atoms with van der Waals surface area (Å²) in [6, 6.07) is 1.96. The Kier molecular flexibility index (Phi) is 6.84. The topological polar surface area (TPSA) is 78.4 Å². The molecule has 0 fully saturated rings. The van der Waals surface area contributed by atoms with Crippen molar-refractivity contribution >= 4 is 23.2 Å². The first-order chi connectivity index (χ1) is 9.81. The Balaban J connectivity index is 2.24. The zero-order valence-electron chi connectivity index (χ0n) is 12.8. The molecule has 1 unspecified atom stereocenters. The Morgan fingerprint density at radius 3 is 2.57 bits per heavy atom. The minimum Gasteiger partial charge on any atom is -0.384 e. The highest BCUT2D eigenvalue weighted by Crippen LogP contribution is 2.21. The monoisotopic (exact) mass is 312 g/mol. The van der Waals surface area contributed by atoms with Gasteiger partial charge in [-0.2, -0.15) is 11.3 Å². The summed E-state index contributed by atoms with van der Waals surface area (Å²) in [5, 5.41) is 19.5. The molecular weight excluding hydrogens is 288 g/mol. The van der Waals surface area contributed by atoms with Gasteiger partial charge in [0.25, 0.3) is 0 Å². The van der Waals surface area contributed by atoms with Gasteiger partial charge in [-0.1, -0.05) is 0 Å². The molecule has 0 aliphatic rings. The van der Waals surface area contributed by atoms with E-state index in [0.29, 0.717) is 12.8 Å². The quantitative estimate of drug-likeness (QED) is 0.684. The van der Waals surface area contributed by atoms with E-state index >= 15 is 0 Å². The van der Waals surface area contributed by atoms with Crippen molar-refractivity contribution in [2.75, 3.05) is 6.54 Å². The minimum atomic E-state index is -1.06. The number of nitrogens with one attached hydrogen (secondary N) is 2. The van der Waals surface area contributed by atoms with Crippen LogP contribution in [0.1, 0.15) is 45.6 Å². The molecular formula is C15H24N2O3S. The van der Waals surface area contributed by atoms with Crippen LogP contribution in [0.2, 0.25) is 0 Å². The predicted octanol–water partition coefficient (Wildman–Crippen LogP) is 1.77. The summed E-state index contributed by atoms with van der Waals surface area (Å²) in [5.74, 6) is -0.189. The molecule has 1 aromatic heterocycles. The van der Waals surface area contributed by atoms with E-state index in [1.807, 2.05) is 30.7 Å². The Hall–Kier alpha value is -1.40. The Morgan fingerprint density at radius 1 is 1.33 bits per heavy atom.